The lowest BCUT2D eigenvalue weighted by Gasteiger charge is -2.09. The normalized spacial score (nSPS) is 11.5. The SMILES string of the molecule is CCC(=NNC(=O)Cc1ccc(Br)c2ccccc12)c1ccc(-c2ccccc2)cc1. The molecule has 0 aromatic heterocycles. The highest BCUT2D eigenvalue weighted by Gasteiger charge is 2.09. The van der Waals surface area contributed by atoms with E-state index in [1.165, 1.54) is 5.56 Å². The van der Waals surface area contributed by atoms with Crippen LogP contribution in [0.4, 0.5) is 0 Å². The molecule has 154 valence electrons. The van der Waals surface area contributed by atoms with Crippen molar-refractivity contribution in [3.05, 3.63) is 107 Å². The van der Waals surface area contributed by atoms with E-state index < -0.39 is 0 Å². The number of nitrogens with one attached hydrogen (secondary N) is 1. The summed E-state index contributed by atoms with van der Waals surface area (Å²) >= 11 is 3.58. The second-order valence-corrected chi connectivity index (χ2v) is 8.17. The highest BCUT2D eigenvalue weighted by atomic mass is 79.9. The molecule has 4 rings (SSSR count). The van der Waals surface area contributed by atoms with Crippen molar-refractivity contribution in [2.75, 3.05) is 0 Å². The number of rotatable bonds is 6. The summed E-state index contributed by atoms with van der Waals surface area (Å²) in [6, 6.07) is 30.6. The first-order chi connectivity index (χ1) is 15.2. The van der Waals surface area contributed by atoms with Crippen LogP contribution in [0, 0.1) is 0 Å². The third-order valence-corrected chi connectivity index (χ3v) is 5.98. The van der Waals surface area contributed by atoms with Crippen molar-refractivity contribution in [2.24, 2.45) is 5.10 Å². The lowest BCUT2D eigenvalue weighted by Crippen LogP contribution is -2.22. The first kappa shape index (κ1) is 21.0. The number of hydrogen-bond acceptors (Lipinski definition) is 2. The molecule has 1 N–H and O–H groups in total. The number of carbonyl (C=O) groups is 1. The van der Waals surface area contributed by atoms with Gasteiger partial charge in [0, 0.05) is 4.47 Å². The van der Waals surface area contributed by atoms with Gasteiger partial charge in [-0.1, -0.05) is 108 Å². The second kappa shape index (κ2) is 9.71. The molecule has 0 heterocycles. The van der Waals surface area contributed by atoms with E-state index in [-0.39, 0.29) is 12.3 Å². The molecule has 0 saturated carbocycles. The molecule has 0 spiro atoms. The maximum Gasteiger partial charge on any atom is 0.244 e. The van der Waals surface area contributed by atoms with Gasteiger partial charge in [0.2, 0.25) is 5.91 Å². The van der Waals surface area contributed by atoms with E-state index in [1.54, 1.807) is 0 Å². The van der Waals surface area contributed by atoms with E-state index in [0.717, 1.165) is 44.1 Å². The molecular formula is C27H23BrN2O. The van der Waals surface area contributed by atoms with Gasteiger partial charge in [0.05, 0.1) is 12.1 Å². The minimum absolute atomic E-state index is 0.126. The van der Waals surface area contributed by atoms with E-state index >= 15 is 0 Å². The van der Waals surface area contributed by atoms with Gasteiger partial charge in [0.15, 0.2) is 0 Å². The molecule has 0 aliphatic rings. The predicted octanol–water partition coefficient (Wildman–Crippen LogP) is 6.74. The average molecular weight is 471 g/mol. The van der Waals surface area contributed by atoms with Gasteiger partial charge in [-0.05, 0) is 45.5 Å². The maximum atomic E-state index is 12.6. The summed E-state index contributed by atoms with van der Waals surface area (Å²) in [7, 11) is 0. The summed E-state index contributed by atoms with van der Waals surface area (Å²) in [4.78, 5) is 12.6. The average Bonchev–Trinajstić information content (AvgIpc) is 2.82. The smallest absolute Gasteiger partial charge is 0.244 e. The van der Waals surface area contributed by atoms with E-state index in [2.05, 4.69) is 62.9 Å². The number of hydrogen-bond donors (Lipinski definition) is 1. The van der Waals surface area contributed by atoms with Crippen LogP contribution in [0.5, 0.6) is 0 Å². The molecule has 3 nitrogen and oxygen atoms in total. The first-order valence-corrected chi connectivity index (χ1v) is 11.1. The molecule has 31 heavy (non-hydrogen) atoms. The van der Waals surface area contributed by atoms with Crippen molar-refractivity contribution in [3.63, 3.8) is 0 Å². The second-order valence-electron chi connectivity index (χ2n) is 7.32. The van der Waals surface area contributed by atoms with Gasteiger partial charge < -0.3 is 0 Å². The Morgan fingerprint density at radius 2 is 1.45 bits per heavy atom. The van der Waals surface area contributed by atoms with Gasteiger partial charge in [0.25, 0.3) is 0 Å². The standard InChI is InChI=1S/C27H23BrN2O/c1-2-26(21-14-12-20(13-15-21)19-8-4-3-5-9-19)29-30-27(31)18-22-16-17-25(28)24-11-7-6-10-23(22)24/h3-17H,2,18H2,1H3,(H,30,31). The molecule has 4 aromatic rings. The van der Waals surface area contributed by atoms with Crippen LogP contribution in [-0.4, -0.2) is 11.6 Å². The fourth-order valence-corrected chi connectivity index (χ4v) is 4.13. The molecule has 0 aliphatic heterocycles. The van der Waals surface area contributed by atoms with Crippen LogP contribution in [0.2, 0.25) is 0 Å². The molecule has 4 heteroatoms. The van der Waals surface area contributed by atoms with Crippen molar-refractivity contribution < 1.29 is 4.79 Å². The van der Waals surface area contributed by atoms with Gasteiger partial charge >= 0.3 is 0 Å². The van der Waals surface area contributed by atoms with Gasteiger partial charge in [-0.2, -0.15) is 5.10 Å². The summed E-state index contributed by atoms with van der Waals surface area (Å²) < 4.78 is 1.03. The van der Waals surface area contributed by atoms with Crippen LogP contribution >= 0.6 is 15.9 Å². The Balaban J connectivity index is 1.48. The summed E-state index contributed by atoms with van der Waals surface area (Å²) in [6.45, 7) is 2.04. The van der Waals surface area contributed by atoms with Crippen molar-refractivity contribution in [2.45, 2.75) is 19.8 Å². The number of nitrogens with zero attached hydrogens (tertiary/aromatic N) is 1. The Kier molecular flexibility index (Phi) is 6.58. The highest BCUT2D eigenvalue weighted by Crippen LogP contribution is 2.27. The van der Waals surface area contributed by atoms with Crippen molar-refractivity contribution in [1.29, 1.82) is 0 Å². The minimum atomic E-state index is -0.126. The van der Waals surface area contributed by atoms with Crippen LogP contribution < -0.4 is 5.43 Å². The number of carbonyl (C=O) groups excluding carboxylic acids is 1. The molecule has 0 saturated heterocycles. The van der Waals surface area contributed by atoms with Gasteiger partial charge in [-0.3, -0.25) is 4.79 Å². The number of fused-ring (bicyclic) bond motifs is 1. The third kappa shape index (κ3) is 4.92. The Labute approximate surface area is 190 Å². The van der Waals surface area contributed by atoms with Crippen LogP contribution in [0.1, 0.15) is 24.5 Å². The molecule has 0 atom stereocenters. The Bertz CT molecular complexity index is 1230. The highest BCUT2D eigenvalue weighted by molar-refractivity contribution is 9.10. The molecule has 0 bridgehead atoms. The van der Waals surface area contributed by atoms with Crippen molar-refractivity contribution in [1.82, 2.24) is 5.43 Å². The van der Waals surface area contributed by atoms with Crippen LogP contribution in [0.25, 0.3) is 21.9 Å². The topological polar surface area (TPSA) is 41.5 Å². The Morgan fingerprint density at radius 1 is 0.806 bits per heavy atom. The third-order valence-electron chi connectivity index (χ3n) is 5.29. The molecule has 0 fully saturated rings. The molecular weight excluding hydrogens is 448 g/mol. The van der Waals surface area contributed by atoms with Crippen LogP contribution in [-0.2, 0) is 11.2 Å². The Hall–Kier alpha value is -3.24. The zero-order valence-electron chi connectivity index (χ0n) is 17.3. The van der Waals surface area contributed by atoms with Crippen LogP contribution in [0.3, 0.4) is 0 Å². The van der Waals surface area contributed by atoms with Gasteiger partial charge in [0.1, 0.15) is 0 Å². The zero-order valence-corrected chi connectivity index (χ0v) is 18.9. The van der Waals surface area contributed by atoms with Crippen LogP contribution in [0.15, 0.2) is 101 Å². The monoisotopic (exact) mass is 470 g/mol. The van der Waals surface area contributed by atoms with E-state index in [0.29, 0.717) is 0 Å². The fourth-order valence-electron chi connectivity index (χ4n) is 3.65. The largest absolute Gasteiger partial charge is 0.273 e. The number of hydrazone groups is 1. The summed E-state index contributed by atoms with van der Waals surface area (Å²) in [5.41, 5.74) is 7.93. The van der Waals surface area contributed by atoms with Gasteiger partial charge in [-0.15, -0.1) is 0 Å². The molecule has 0 radical (unpaired) electrons. The first-order valence-electron chi connectivity index (χ1n) is 10.3. The summed E-state index contributed by atoms with van der Waals surface area (Å²) in [5, 5.41) is 6.59. The summed E-state index contributed by atoms with van der Waals surface area (Å²) in [6.07, 6.45) is 1.01. The van der Waals surface area contributed by atoms with Gasteiger partial charge in [-0.25, -0.2) is 5.43 Å². The molecule has 4 aromatic carbocycles. The summed E-state index contributed by atoms with van der Waals surface area (Å²) in [5.74, 6) is -0.126. The maximum absolute atomic E-state index is 12.6. The molecule has 0 aliphatic carbocycles. The lowest BCUT2D eigenvalue weighted by atomic mass is 10.0. The van der Waals surface area contributed by atoms with E-state index in [4.69, 9.17) is 0 Å². The molecule has 1 amide bonds. The van der Waals surface area contributed by atoms with Crippen molar-refractivity contribution in [3.8, 4) is 11.1 Å². The van der Waals surface area contributed by atoms with E-state index in [9.17, 15) is 4.79 Å². The number of amides is 1. The van der Waals surface area contributed by atoms with E-state index in [1.807, 2.05) is 61.5 Å². The quantitative estimate of drug-likeness (QED) is 0.246. The lowest BCUT2D eigenvalue weighted by molar-refractivity contribution is -0.120. The van der Waals surface area contributed by atoms with Crippen molar-refractivity contribution >= 4 is 38.3 Å². The molecule has 0 unspecified atom stereocenters. The number of halogens is 1. The zero-order chi connectivity index (χ0) is 21.6. The minimum Gasteiger partial charge on any atom is -0.273 e. The number of benzene rings is 4. The Morgan fingerprint density at radius 3 is 2.16 bits per heavy atom. The fraction of sp³-hybridized carbons (Fsp3) is 0.111. The predicted molar refractivity (Wildman–Crippen MR) is 132 cm³/mol.